The SMILES string of the molecule is CCCCCC(CCC)COC(=O)OC1CCC(OC(=O)OCCCCCCCCCCC(C)C)CC1. The molecule has 1 atom stereocenters. The largest absolute Gasteiger partial charge is 0.508 e. The van der Waals surface area contributed by atoms with Crippen LogP contribution in [0.2, 0.25) is 0 Å². The second-order valence-electron chi connectivity index (χ2n) is 11.5. The maximum atomic E-state index is 12.2. The van der Waals surface area contributed by atoms with Crippen LogP contribution in [0, 0.1) is 11.8 Å². The molecule has 0 amide bonds. The minimum Gasteiger partial charge on any atom is -0.434 e. The lowest BCUT2D eigenvalue weighted by Gasteiger charge is -2.27. The van der Waals surface area contributed by atoms with Crippen molar-refractivity contribution in [3.63, 3.8) is 0 Å². The summed E-state index contributed by atoms with van der Waals surface area (Å²) in [6, 6.07) is 0. The molecule has 0 aliphatic heterocycles. The summed E-state index contributed by atoms with van der Waals surface area (Å²) in [6.07, 6.45) is 19.3. The van der Waals surface area contributed by atoms with E-state index in [1.807, 2.05) is 0 Å². The third-order valence-corrected chi connectivity index (χ3v) is 7.39. The molecule has 1 saturated carbocycles. The second-order valence-corrected chi connectivity index (χ2v) is 11.5. The number of hydrogen-bond donors (Lipinski definition) is 0. The number of ether oxygens (including phenoxy) is 4. The topological polar surface area (TPSA) is 71.1 Å². The van der Waals surface area contributed by atoms with E-state index in [2.05, 4.69) is 27.7 Å². The quantitative estimate of drug-likeness (QED) is 0.109. The van der Waals surface area contributed by atoms with Gasteiger partial charge in [-0.15, -0.1) is 0 Å². The van der Waals surface area contributed by atoms with E-state index in [0.29, 0.717) is 44.8 Å². The van der Waals surface area contributed by atoms with Crippen molar-refractivity contribution in [3.05, 3.63) is 0 Å². The first-order valence-corrected chi connectivity index (χ1v) is 15.6. The summed E-state index contributed by atoms with van der Waals surface area (Å²) in [6.45, 7) is 9.81. The van der Waals surface area contributed by atoms with Crippen molar-refractivity contribution in [2.75, 3.05) is 13.2 Å². The summed E-state index contributed by atoms with van der Waals surface area (Å²) in [5, 5.41) is 0. The molecule has 1 rings (SSSR count). The van der Waals surface area contributed by atoms with Gasteiger partial charge in [0.2, 0.25) is 0 Å². The fourth-order valence-electron chi connectivity index (χ4n) is 5.07. The lowest BCUT2D eigenvalue weighted by atomic mass is 9.95. The Morgan fingerprint density at radius 1 is 0.622 bits per heavy atom. The van der Waals surface area contributed by atoms with Gasteiger partial charge in [0.25, 0.3) is 0 Å². The Morgan fingerprint density at radius 3 is 1.68 bits per heavy atom. The van der Waals surface area contributed by atoms with Gasteiger partial charge >= 0.3 is 12.3 Å². The molecule has 0 aromatic rings. The average Bonchev–Trinajstić information content (AvgIpc) is 2.87. The summed E-state index contributed by atoms with van der Waals surface area (Å²) in [5.41, 5.74) is 0. The lowest BCUT2D eigenvalue weighted by Crippen LogP contribution is -2.30. The Kier molecular flexibility index (Phi) is 20.4. The van der Waals surface area contributed by atoms with E-state index in [1.165, 1.54) is 64.2 Å². The predicted molar refractivity (Wildman–Crippen MR) is 150 cm³/mol. The van der Waals surface area contributed by atoms with Crippen LogP contribution in [0.25, 0.3) is 0 Å². The molecule has 1 aliphatic rings. The van der Waals surface area contributed by atoms with Gasteiger partial charge in [-0.3, -0.25) is 0 Å². The summed E-state index contributed by atoms with van der Waals surface area (Å²) in [5.74, 6) is 1.24. The van der Waals surface area contributed by atoms with Gasteiger partial charge in [0, 0.05) is 0 Å². The molecule has 0 saturated heterocycles. The van der Waals surface area contributed by atoms with Crippen LogP contribution in [0.3, 0.4) is 0 Å². The van der Waals surface area contributed by atoms with Crippen LogP contribution in [-0.4, -0.2) is 37.7 Å². The van der Waals surface area contributed by atoms with Gasteiger partial charge in [0.05, 0.1) is 13.2 Å². The standard InChI is InChI=1S/C31H58O6/c1-5-7-14-19-27(17-6-2)25-35-31(33)37-29-22-20-28(21-23-29)36-30(32)34-24-16-13-11-9-8-10-12-15-18-26(3)4/h26-29H,5-25H2,1-4H3. The van der Waals surface area contributed by atoms with Crippen molar-refractivity contribution in [1.29, 1.82) is 0 Å². The zero-order valence-corrected chi connectivity index (χ0v) is 24.6. The number of carbonyl (C=O) groups is 2. The number of hydrogen-bond acceptors (Lipinski definition) is 6. The maximum absolute atomic E-state index is 12.2. The van der Waals surface area contributed by atoms with Crippen LogP contribution < -0.4 is 0 Å². The van der Waals surface area contributed by atoms with E-state index in [0.717, 1.165) is 38.0 Å². The lowest BCUT2D eigenvalue weighted by molar-refractivity contribution is -0.0297. The first-order valence-electron chi connectivity index (χ1n) is 15.6. The highest BCUT2D eigenvalue weighted by Gasteiger charge is 2.27. The third kappa shape index (κ3) is 19.3. The molecule has 1 unspecified atom stereocenters. The molecular weight excluding hydrogens is 468 g/mol. The molecule has 0 bridgehead atoms. The molecule has 0 N–H and O–H groups in total. The Balaban J connectivity index is 2.03. The molecule has 6 heteroatoms. The normalized spacial score (nSPS) is 18.4. The summed E-state index contributed by atoms with van der Waals surface area (Å²) < 4.78 is 21.7. The predicted octanol–water partition coefficient (Wildman–Crippen LogP) is 9.77. The van der Waals surface area contributed by atoms with Crippen LogP contribution in [0.5, 0.6) is 0 Å². The van der Waals surface area contributed by atoms with E-state index in [4.69, 9.17) is 18.9 Å². The first-order chi connectivity index (χ1) is 17.9. The van der Waals surface area contributed by atoms with Crippen molar-refractivity contribution >= 4 is 12.3 Å². The summed E-state index contributed by atoms with van der Waals surface area (Å²) in [4.78, 5) is 24.2. The minimum atomic E-state index is -0.570. The molecule has 0 aromatic carbocycles. The zero-order valence-electron chi connectivity index (χ0n) is 24.6. The first kappa shape index (κ1) is 33.6. The van der Waals surface area contributed by atoms with Crippen LogP contribution in [-0.2, 0) is 18.9 Å². The molecule has 6 nitrogen and oxygen atoms in total. The van der Waals surface area contributed by atoms with E-state index in [1.54, 1.807) is 0 Å². The fourth-order valence-corrected chi connectivity index (χ4v) is 5.07. The van der Waals surface area contributed by atoms with Crippen LogP contribution >= 0.6 is 0 Å². The number of unbranched alkanes of at least 4 members (excludes halogenated alkanes) is 9. The monoisotopic (exact) mass is 526 g/mol. The average molecular weight is 527 g/mol. The van der Waals surface area contributed by atoms with Crippen molar-refractivity contribution < 1.29 is 28.5 Å². The molecule has 1 fully saturated rings. The molecule has 0 spiro atoms. The molecule has 37 heavy (non-hydrogen) atoms. The van der Waals surface area contributed by atoms with Gasteiger partial charge in [-0.1, -0.05) is 105 Å². The van der Waals surface area contributed by atoms with Crippen molar-refractivity contribution in [2.24, 2.45) is 11.8 Å². The van der Waals surface area contributed by atoms with Crippen molar-refractivity contribution in [2.45, 2.75) is 162 Å². The summed E-state index contributed by atoms with van der Waals surface area (Å²) in [7, 11) is 0. The van der Waals surface area contributed by atoms with Gasteiger partial charge in [-0.2, -0.15) is 0 Å². The Morgan fingerprint density at radius 2 is 1.14 bits per heavy atom. The fraction of sp³-hybridized carbons (Fsp3) is 0.935. The highest BCUT2D eigenvalue weighted by atomic mass is 16.7. The van der Waals surface area contributed by atoms with E-state index in [9.17, 15) is 9.59 Å². The van der Waals surface area contributed by atoms with Gasteiger partial charge in [-0.05, 0) is 56.8 Å². The van der Waals surface area contributed by atoms with E-state index in [-0.39, 0.29) is 12.2 Å². The molecule has 218 valence electrons. The van der Waals surface area contributed by atoms with Gasteiger partial charge in [0.15, 0.2) is 0 Å². The van der Waals surface area contributed by atoms with Crippen LogP contribution in [0.15, 0.2) is 0 Å². The Hall–Kier alpha value is -1.46. The molecular formula is C31H58O6. The zero-order chi connectivity index (χ0) is 27.1. The highest BCUT2D eigenvalue weighted by Crippen LogP contribution is 2.25. The third-order valence-electron chi connectivity index (χ3n) is 7.39. The molecule has 1 aliphatic carbocycles. The molecule has 0 radical (unpaired) electrons. The summed E-state index contributed by atoms with van der Waals surface area (Å²) >= 11 is 0. The smallest absolute Gasteiger partial charge is 0.434 e. The maximum Gasteiger partial charge on any atom is 0.508 e. The highest BCUT2D eigenvalue weighted by molar-refractivity contribution is 5.60. The number of rotatable bonds is 21. The minimum absolute atomic E-state index is 0.161. The van der Waals surface area contributed by atoms with Crippen LogP contribution in [0.1, 0.15) is 150 Å². The Bertz CT molecular complexity index is 556. The van der Waals surface area contributed by atoms with Gasteiger partial charge in [0.1, 0.15) is 12.2 Å². The van der Waals surface area contributed by atoms with E-state index < -0.39 is 12.3 Å². The number of carbonyl (C=O) groups excluding carboxylic acids is 2. The van der Waals surface area contributed by atoms with Crippen LogP contribution in [0.4, 0.5) is 9.59 Å². The molecule has 0 heterocycles. The van der Waals surface area contributed by atoms with Crippen molar-refractivity contribution in [1.82, 2.24) is 0 Å². The van der Waals surface area contributed by atoms with E-state index >= 15 is 0 Å². The van der Waals surface area contributed by atoms with Crippen molar-refractivity contribution in [3.8, 4) is 0 Å². The van der Waals surface area contributed by atoms with Gasteiger partial charge < -0.3 is 18.9 Å². The van der Waals surface area contributed by atoms with Gasteiger partial charge in [-0.25, -0.2) is 9.59 Å². The molecule has 0 aromatic heterocycles. The Labute approximate surface area is 227 Å². The second kappa shape index (κ2) is 22.5.